The van der Waals surface area contributed by atoms with E-state index in [1.807, 2.05) is 18.2 Å². The molecule has 0 unspecified atom stereocenters. The van der Waals surface area contributed by atoms with Gasteiger partial charge in [-0.05, 0) is 60.2 Å². The third kappa shape index (κ3) is 4.94. The average molecular weight is 410 g/mol. The van der Waals surface area contributed by atoms with Gasteiger partial charge in [0.1, 0.15) is 0 Å². The molecule has 1 N–H and O–H groups in total. The van der Waals surface area contributed by atoms with Gasteiger partial charge in [0, 0.05) is 38.4 Å². The molecule has 1 amide bonds. The highest BCUT2D eigenvalue weighted by atomic mass is 16.5. The van der Waals surface area contributed by atoms with E-state index in [2.05, 4.69) is 33.3 Å². The van der Waals surface area contributed by atoms with E-state index in [0.717, 1.165) is 62.8 Å². The summed E-state index contributed by atoms with van der Waals surface area (Å²) < 4.78 is 10.7. The lowest BCUT2D eigenvalue weighted by atomic mass is 10.1. The molecule has 2 aromatic carbocycles. The van der Waals surface area contributed by atoms with E-state index in [1.54, 1.807) is 14.2 Å². The Morgan fingerprint density at radius 1 is 0.900 bits per heavy atom. The number of hydrogen-bond acceptors (Lipinski definition) is 5. The quantitative estimate of drug-likeness (QED) is 0.762. The molecule has 1 aliphatic heterocycles. The smallest absolute Gasteiger partial charge is 0.238 e. The second kappa shape index (κ2) is 9.49. The number of nitrogens with zero attached hydrogens (tertiary/aromatic N) is 2. The Morgan fingerprint density at radius 2 is 1.63 bits per heavy atom. The normalized spacial score (nSPS) is 16.9. The summed E-state index contributed by atoms with van der Waals surface area (Å²) in [6.45, 7) is 4.99. The Hall–Kier alpha value is -2.57. The number of amides is 1. The fourth-order valence-corrected chi connectivity index (χ4v) is 4.40. The standard InChI is InChI=1S/C24H31N3O3/c1-29-22-9-6-18(14-23(22)30-2)16-26-10-12-27(13-11-26)17-24(28)25-21-8-7-19-4-3-5-20(19)15-21/h6-9,14-15H,3-5,10-13,16-17H2,1-2H3,(H,25,28). The fourth-order valence-electron chi connectivity index (χ4n) is 4.40. The van der Waals surface area contributed by atoms with Crippen molar-refractivity contribution in [3.8, 4) is 11.5 Å². The number of nitrogens with one attached hydrogen (secondary N) is 1. The minimum atomic E-state index is 0.0706. The van der Waals surface area contributed by atoms with Crippen LogP contribution in [0.15, 0.2) is 36.4 Å². The lowest BCUT2D eigenvalue weighted by Gasteiger charge is -2.34. The summed E-state index contributed by atoms with van der Waals surface area (Å²) in [4.78, 5) is 17.1. The molecule has 1 heterocycles. The molecule has 30 heavy (non-hydrogen) atoms. The molecule has 0 saturated carbocycles. The third-order valence-electron chi connectivity index (χ3n) is 6.07. The molecular formula is C24H31N3O3. The van der Waals surface area contributed by atoms with Gasteiger partial charge in [-0.3, -0.25) is 14.6 Å². The monoisotopic (exact) mass is 409 g/mol. The predicted octanol–water partition coefficient (Wildman–Crippen LogP) is 2.95. The molecule has 6 heteroatoms. The van der Waals surface area contributed by atoms with Gasteiger partial charge in [0.25, 0.3) is 0 Å². The van der Waals surface area contributed by atoms with Crippen LogP contribution in [0.4, 0.5) is 5.69 Å². The Balaban J connectivity index is 1.24. The molecular weight excluding hydrogens is 378 g/mol. The fraction of sp³-hybridized carbons (Fsp3) is 0.458. The summed E-state index contributed by atoms with van der Waals surface area (Å²) in [7, 11) is 3.31. The highest BCUT2D eigenvalue weighted by Crippen LogP contribution is 2.28. The predicted molar refractivity (Wildman–Crippen MR) is 118 cm³/mol. The number of aryl methyl sites for hydroxylation is 2. The van der Waals surface area contributed by atoms with E-state index < -0.39 is 0 Å². The zero-order valence-corrected chi connectivity index (χ0v) is 17.9. The highest BCUT2D eigenvalue weighted by Gasteiger charge is 2.20. The van der Waals surface area contributed by atoms with Crippen molar-refractivity contribution in [2.24, 2.45) is 0 Å². The van der Waals surface area contributed by atoms with Crippen LogP contribution in [-0.2, 0) is 24.2 Å². The van der Waals surface area contributed by atoms with Crippen molar-refractivity contribution in [3.63, 3.8) is 0 Å². The number of methoxy groups -OCH3 is 2. The maximum absolute atomic E-state index is 12.5. The van der Waals surface area contributed by atoms with Gasteiger partial charge in [0.05, 0.1) is 20.8 Å². The van der Waals surface area contributed by atoms with Gasteiger partial charge in [-0.1, -0.05) is 12.1 Å². The molecule has 0 bridgehead atoms. The van der Waals surface area contributed by atoms with Gasteiger partial charge in [0.15, 0.2) is 11.5 Å². The summed E-state index contributed by atoms with van der Waals surface area (Å²) in [5.41, 5.74) is 4.94. The Labute approximate surface area is 178 Å². The number of anilines is 1. The SMILES string of the molecule is COc1ccc(CN2CCN(CC(=O)Nc3ccc4c(c3)CCC4)CC2)cc1OC. The molecule has 4 rings (SSSR count). The van der Waals surface area contributed by atoms with Crippen LogP contribution in [-0.4, -0.2) is 62.7 Å². The average Bonchev–Trinajstić information content (AvgIpc) is 3.23. The van der Waals surface area contributed by atoms with Crippen LogP contribution >= 0.6 is 0 Å². The third-order valence-corrected chi connectivity index (χ3v) is 6.07. The zero-order chi connectivity index (χ0) is 20.9. The molecule has 1 saturated heterocycles. The van der Waals surface area contributed by atoms with E-state index >= 15 is 0 Å². The molecule has 1 fully saturated rings. The van der Waals surface area contributed by atoms with Crippen molar-refractivity contribution in [1.82, 2.24) is 9.80 Å². The number of carbonyl (C=O) groups is 1. The van der Waals surface area contributed by atoms with Crippen LogP contribution in [0.25, 0.3) is 0 Å². The number of hydrogen-bond donors (Lipinski definition) is 1. The van der Waals surface area contributed by atoms with Crippen LogP contribution < -0.4 is 14.8 Å². The van der Waals surface area contributed by atoms with E-state index in [1.165, 1.54) is 23.1 Å². The van der Waals surface area contributed by atoms with E-state index in [-0.39, 0.29) is 5.91 Å². The van der Waals surface area contributed by atoms with Gasteiger partial charge in [-0.25, -0.2) is 0 Å². The summed E-state index contributed by atoms with van der Waals surface area (Å²) in [5.74, 6) is 1.58. The Morgan fingerprint density at radius 3 is 2.40 bits per heavy atom. The molecule has 160 valence electrons. The first-order valence-electron chi connectivity index (χ1n) is 10.7. The molecule has 1 aliphatic carbocycles. The number of ether oxygens (including phenoxy) is 2. The second-order valence-corrected chi connectivity index (χ2v) is 8.13. The van der Waals surface area contributed by atoms with E-state index in [4.69, 9.17) is 9.47 Å². The first-order valence-corrected chi connectivity index (χ1v) is 10.7. The number of carbonyl (C=O) groups excluding carboxylic acids is 1. The largest absolute Gasteiger partial charge is 0.493 e. The number of piperazine rings is 1. The van der Waals surface area contributed by atoms with Gasteiger partial charge in [-0.2, -0.15) is 0 Å². The van der Waals surface area contributed by atoms with Crippen LogP contribution in [0.3, 0.4) is 0 Å². The molecule has 0 atom stereocenters. The second-order valence-electron chi connectivity index (χ2n) is 8.13. The van der Waals surface area contributed by atoms with Gasteiger partial charge in [-0.15, -0.1) is 0 Å². The summed E-state index contributed by atoms with van der Waals surface area (Å²) in [5, 5.41) is 3.07. The number of rotatable bonds is 7. The topological polar surface area (TPSA) is 54.0 Å². The van der Waals surface area contributed by atoms with Crippen LogP contribution in [0.5, 0.6) is 11.5 Å². The Bertz CT molecular complexity index is 891. The highest BCUT2D eigenvalue weighted by molar-refractivity contribution is 5.92. The van der Waals surface area contributed by atoms with Crippen LogP contribution in [0.2, 0.25) is 0 Å². The van der Waals surface area contributed by atoms with Crippen molar-refractivity contribution < 1.29 is 14.3 Å². The zero-order valence-electron chi connectivity index (χ0n) is 17.9. The molecule has 0 spiro atoms. The van der Waals surface area contributed by atoms with Crippen molar-refractivity contribution >= 4 is 11.6 Å². The summed E-state index contributed by atoms with van der Waals surface area (Å²) in [6, 6.07) is 12.4. The summed E-state index contributed by atoms with van der Waals surface area (Å²) in [6.07, 6.45) is 3.51. The number of fused-ring (bicyclic) bond motifs is 1. The molecule has 0 radical (unpaired) electrons. The molecule has 6 nitrogen and oxygen atoms in total. The first-order chi connectivity index (χ1) is 14.6. The minimum Gasteiger partial charge on any atom is -0.493 e. The van der Waals surface area contributed by atoms with Crippen molar-refractivity contribution in [3.05, 3.63) is 53.1 Å². The number of benzene rings is 2. The van der Waals surface area contributed by atoms with Gasteiger partial charge < -0.3 is 14.8 Å². The van der Waals surface area contributed by atoms with Crippen molar-refractivity contribution in [2.45, 2.75) is 25.8 Å². The lowest BCUT2D eigenvalue weighted by molar-refractivity contribution is -0.117. The minimum absolute atomic E-state index is 0.0706. The Kier molecular flexibility index (Phi) is 6.55. The molecule has 0 aromatic heterocycles. The van der Waals surface area contributed by atoms with E-state index in [9.17, 15) is 4.79 Å². The van der Waals surface area contributed by atoms with Crippen molar-refractivity contribution in [1.29, 1.82) is 0 Å². The lowest BCUT2D eigenvalue weighted by Crippen LogP contribution is -2.48. The van der Waals surface area contributed by atoms with Gasteiger partial charge >= 0.3 is 0 Å². The summed E-state index contributed by atoms with van der Waals surface area (Å²) >= 11 is 0. The van der Waals surface area contributed by atoms with E-state index in [0.29, 0.717) is 6.54 Å². The maximum Gasteiger partial charge on any atom is 0.238 e. The first kappa shape index (κ1) is 20.7. The van der Waals surface area contributed by atoms with Crippen LogP contribution in [0, 0.1) is 0 Å². The molecule has 2 aliphatic rings. The van der Waals surface area contributed by atoms with Crippen molar-refractivity contribution in [2.75, 3.05) is 52.3 Å². The van der Waals surface area contributed by atoms with Crippen LogP contribution in [0.1, 0.15) is 23.1 Å². The molecule has 2 aromatic rings. The maximum atomic E-state index is 12.5. The van der Waals surface area contributed by atoms with Gasteiger partial charge in [0.2, 0.25) is 5.91 Å².